The predicted octanol–water partition coefficient (Wildman–Crippen LogP) is 7.85. The summed E-state index contributed by atoms with van der Waals surface area (Å²) in [6, 6.07) is 14.6. The van der Waals surface area contributed by atoms with Crippen molar-refractivity contribution in [3.8, 4) is 5.75 Å². The lowest BCUT2D eigenvalue weighted by molar-refractivity contribution is 0.0131. The molecule has 8 heteroatoms. The largest absolute Gasteiger partial charge is 0.490 e. The van der Waals surface area contributed by atoms with Gasteiger partial charge in [-0.25, -0.2) is 4.21 Å². The van der Waals surface area contributed by atoms with Crippen LogP contribution in [0.5, 0.6) is 5.75 Å². The van der Waals surface area contributed by atoms with E-state index < -0.39 is 11.0 Å². The molecule has 1 saturated carbocycles. The van der Waals surface area contributed by atoms with E-state index in [9.17, 15) is 9.00 Å². The lowest BCUT2D eigenvalue weighted by Gasteiger charge is -2.46. The van der Waals surface area contributed by atoms with Gasteiger partial charge in [-0.2, -0.15) is 0 Å². The van der Waals surface area contributed by atoms with E-state index in [4.69, 9.17) is 9.47 Å². The highest BCUT2D eigenvalue weighted by Gasteiger charge is 2.44. The van der Waals surface area contributed by atoms with Crippen molar-refractivity contribution in [2.75, 3.05) is 38.1 Å². The van der Waals surface area contributed by atoms with Gasteiger partial charge < -0.3 is 14.4 Å². The van der Waals surface area contributed by atoms with Gasteiger partial charge >= 0.3 is 0 Å². The maximum Gasteiger partial charge on any atom is 0.263 e. The molecule has 2 bridgehead atoms. The summed E-state index contributed by atoms with van der Waals surface area (Å²) in [6.07, 6.45) is 13.6. The first-order chi connectivity index (χ1) is 21.8. The molecule has 2 aromatic rings. The zero-order valence-corrected chi connectivity index (χ0v) is 29.6. The molecule has 248 valence electrons. The second-order valence-electron chi connectivity index (χ2n) is 13.1. The summed E-state index contributed by atoms with van der Waals surface area (Å²) in [5, 5.41) is -0.175. The number of carbonyl (C=O) groups excluding carboxylic acids is 1. The number of hydrogen-bond donors (Lipinski definition) is 1. The number of ether oxygens (including phenoxy) is 2. The van der Waals surface area contributed by atoms with Gasteiger partial charge in [-0.3, -0.25) is 9.52 Å². The van der Waals surface area contributed by atoms with Crippen molar-refractivity contribution in [1.82, 2.24) is 4.72 Å². The fourth-order valence-corrected chi connectivity index (χ4v) is 8.25. The number of carbonyl (C=O) groups is 1. The minimum atomic E-state index is -1.49. The molecule has 2 aromatic carbocycles. The number of rotatable bonds is 1. The zero-order chi connectivity index (χ0) is 32.6. The third-order valence-corrected chi connectivity index (χ3v) is 11.6. The molecular weight excluding hydrogens is 604 g/mol. The van der Waals surface area contributed by atoms with Gasteiger partial charge in [0.15, 0.2) is 0 Å². The van der Waals surface area contributed by atoms with E-state index in [-0.39, 0.29) is 28.6 Å². The summed E-state index contributed by atoms with van der Waals surface area (Å²) in [5.74, 6) is 1.62. The second-order valence-corrected chi connectivity index (χ2v) is 14.7. The minimum absolute atomic E-state index is 0.0674. The normalized spacial score (nSPS) is 31.5. The summed E-state index contributed by atoms with van der Waals surface area (Å²) >= 11 is 4.64. The Hall–Kier alpha value is -2.35. The molecule has 6 rings (SSSR count). The van der Waals surface area contributed by atoms with E-state index in [1.165, 1.54) is 30.4 Å². The molecule has 0 saturated heterocycles. The highest BCUT2D eigenvalue weighted by Crippen LogP contribution is 2.46. The molecule has 0 radical (unpaired) electrons. The fourth-order valence-electron chi connectivity index (χ4n) is 7.23. The summed E-state index contributed by atoms with van der Waals surface area (Å²) in [7, 11) is 0.326. The van der Waals surface area contributed by atoms with Crippen molar-refractivity contribution < 1.29 is 18.5 Å². The first-order valence-electron chi connectivity index (χ1n) is 16.7. The fraction of sp³-hybridized carbons (Fsp3) is 0.595. The number of hydrogen-bond acceptors (Lipinski definition) is 5. The monoisotopic (exact) mass is 656 g/mol. The molecule has 1 amide bonds. The van der Waals surface area contributed by atoms with Crippen LogP contribution in [-0.4, -0.2) is 54.7 Å². The first kappa shape index (κ1) is 35.5. The third kappa shape index (κ3) is 7.97. The van der Waals surface area contributed by atoms with Crippen molar-refractivity contribution in [2.24, 2.45) is 17.8 Å². The van der Waals surface area contributed by atoms with Gasteiger partial charge in [0, 0.05) is 37.6 Å². The summed E-state index contributed by atoms with van der Waals surface area (Å²) in [5.41, 5.74) is 4.20. The lowest BCUT2D eigenvalue weighted by atomic mass is 9.68. The Morgan fingerprint density at radius 2 is 1.89 bits per heavy atom. The second kappa shape index (κ2) is 16.5. The van der Waals surface area contributed by atoms with Crippen LogP contribution < -0.4 is 14.4 Å². The van der Waals surface area contributed by atoms with Gasteiger partial charge in [0.1, 0.15) is 16.7 Å². The predicted molar refractivity (Wildman–Crippen MR) is 188 cm³/mol. The van der Waals surface area contributed by atoms with Crippen molar-refractivity contribution in [1.29, 1.82) is 0 Å². The van der Waals surface area contributed by atoms with E-state index in [1.54, 1.807) is 0 Å². The zero-order valence-electron chi connectivity index (χ0n) is 28.0. The molecule has 6 unspecified atom stereocenters. The number of nitrogens with one attached hydrogen (secondary N) is 1. The summed E-state index contributed by atoms with van der Waals surface area (Å²) < 4.78 is 28.5. The maximum absolute atomic E-state index is 13.3. The molecule has 1 fully saturated rings. The molecule has 0 aromatic heterocycles. The number of anilines is 1. The van der Waals surface area contributed by atoms with Crippen LogP contribution in [0.4, 0.5) is 5.69 Å². The summed E-state index contributed by atoms with van der Waals surface area (Å²) in [4.78, 5) is 15.8. The molecule has 45 heavy (non-hydrogen) atoms. The smallest absolute Gasteiger partial charge is 0.263 e. The number of methoxy groups -OCH3 is 1. The highest BCUT2D eigenvalue weighted by atomic mass is 35.5. The average Bonchev–Trinajstić information content (AvgIpc) is 3.20. The van der Waals surface area contributed by atoms with Gasteiger partial charge in [-0.15, -0.1) is 11.6 Å². The number of alkyl halides is 1. The van der Waals surface area contributed by atoms with Crippen molar-refractivity contribution >= 4 is 34.2 Å². The van der Waals surface area contributed by atoms with Crippen LogP contribution in [0.25, 0.3) is 0 Å². The van der Waals surface area contributed by atoms with Crippen molar-refractivity contribution in [2.45, 2.75) is 89.4 Å². The van der Waals surface area contributed by atoms with Crippen LogP contribution in [0.1, 0.15) is 87.7 Å². The third-order valence-electron chi connectivity index (χ3n) is 10.0. The Bertz CT molecular complexity index is 1340. The number of nitrogens with zero attached hydrogens (tertiary/aromatic N) is 1. The quantitative estimate of drug-likeness (QED) is 0.250. The summed E-state index contributed by atoms with van der Waals surface area (Å²) in [6.45, 7) is 10.6. The molecule has 2 heterocycles. The lowest BCUT2D eigenvalue weighted by Crippen LogP contribution is -2.49. The van der Waals surface area contributed by atoms with Gasteiger partial charge in [0.25, 0.3) is 5.91 Å². The van der Waals surface area contributed by atoms with Crippen molar-refractivity contribution in [3.05, 3.63) is 71.3 Å². The Kier molecular flexibility index (Phi) is 13.0. The van der Waals surface area contributed by atoms with Crippen LogP contribution in [0.3, 0.4) is 0 Å². The number of amides is 1. The molecule has 1 N–H and O–H groups in total. The molecule has 1 spiro atoms. The molecule has 2 aliphatic heterocycles. The standard InChI is InChI=1S/C33H42N2O4S.C3H8.CH3Cl/c1-22-8-6-12-30(38-3)27-15-13-26(27)19-35-20-33(17-7-10-24-9-4-5-11-28(24)33)21-39-31-16-14-25(18-29(31)35)32(36)34-40(37)23(22)2;1-3-2;1-2/h4-6,9,11-12,14,16,18,22-23,26-27,30H,7-8,10,13,15,17,19-21H2,1-3H3,(H,34,36);3H2,1-2H3;1H3/b12-6+;;/t22?,23?,26?,27?,30?,33-,40?;;/m0../s1. The Labute approximate surface area is 278 Å². The molecule has 6 nitrogen and oxygen atoms in total. The van der Waals surface area contributed by atoms with Gasteiger partial charge in [0.2, 0.25) is 0 Å². The van der Waals surface area contributed by atoms with Crippen molar-refractivity contribution in [3.63, 3.8) is 0 Å². The Balaban J connectivity index is 0.000000871. The highest BCUT2D eigenvalue weighted by molar-refractivity contribution is 7.84. The van der Waals surface area contributed by atoms with E-state index in [2.05, 4.69) is 78.4 Å². The van der Waals surface area contributed by atoms with Gasteiger partial charge in [-0.05, 0) is 92.5 Å². The minimum Gasteiger partial charge on any atom is -0.490 e. The van der Waals surface area contributed by atoms with Crippen LogP contribution in [0, 0.1) is 17.8 Å². The van der Waals surface area contributed by atoms with E-state index in [0.717, 1.165) is 56.6 Å². The van der Waals surface area contributed by atoms with E-state index in [0.29, 0.717) is 24.0 Å². The Morgan fingerprint density at radius 1 is 1.13 bits per heavy atom. The Morgan fingerprint density at radius 3 is 2.60 bits per heavy atom. The van der Waals surface area contributed by atoms with Crippen LogP contribution in [0.2, 0.25) is 0 Å². The molecule has 4 aliphatic rings. The van der Waals surface area contributed by atoms with Gasteiger partial charge in [-0.1, -0.05) is 63.6 Å². The van der Waals surface area contributed by atoms with E-state index in [1.807, 2.05) is 32.2 Å². The van der Waals surface area contributed by atoms with Crippen LogP contribution in [0.15, 0.2) is 54.6 Å². The number of aryl methyl sites for hydroxylation is 1. The van der Waals surface area contributed by atoms with Crippen LogP contribution >= 0.6 is 11.6 Å². The number of halogens is 1. The number of benzene rings is 2. The van der Waals surface area contributed by atoms with Crippen LogP contribution in [-0.2, 0) is 27.6 Å². The number of allylic oxidation sites excluding steroid dienone is 1. The van der Waals surface area contributed by atoms with Gasteiger partial charge in [0.05, 0.1) is 23.6 Å². The SMILES string of the molecule is CCC.CCl.COC1/C=C/CC(C)C(C)S(=O)NC(=O)c2ccc3c(c2)N(CC2CCC21)C[C@@]1(CCCc2ccccc21)CO3. The number of fused-ring (bicyclic) bond motifs is 4. The average molecular weight is 657 g/mol. The topological polar surface area (TPSA) is 67.9 Å². The van der Waals surface area contributed by atoms with E-state index >= 15 is 0 Å². The molecular formula is C37H53ClN2O4S. The molecule has 7 atom stereocenters. The maximum atomic E-state index is 13.3. The molecule has 2 aliphatic carbocycles. The first-order valence-corrected chi connectivity index (χ1v) is 18.7.